The van der Waals surface area contributed by atoms with Crippen molar-refractivity contribution in [2.75, 3.05) is 13.2 Å². The zero-order chi connectivity index (χ0) is 18.8. The third-order valence-electron chi connectivity index (χ3n) is 4.75. The molecule has 1 fully saturated rings. The maximum absolute atomic E-state index is 13.9. The molecule has 1 aromatic heterocycles. The van der Waals surface area contributed by atoms with Gasteiger partial charge in [0.2, 0.25) is 0 Å². The summed E-state index contributed by atoms with van der Waals surface area (Å²) in [5, 5.41) is 10.2. The smallest absolute Gasteiger partial charge is 0.407 e. The number of nitrogens with one attached hydrogen (secondary N) is 1. The highest BCUT2D eigenvalue weighted by Gasteiger charge is 2.29. The molecule has 1 saturated heterocycles. The van der Waals surface area contributed by atoms with Crippen molar-refractivity contribution < 1.29 is 19.0 Å². The van der Waals surface area contributed by atoms with Crippen molar-refractivity contribution in [3.63, 3.8) is 0 Å². The van der Waals surface area contributed by atoms with Crippen molar-refractivity contribution in [3.8, 4) is 5.75 Å². The minimum Gasteiger partial charge on any atom is -0.489 e. The van der Waals surface area contributed by atoms with E-state index in [9.17, 15) is 14.3 Å². The van der Waals surface area contributed by atoms with Gasteiger partial charge in [-0.15, -0.1) is 0 Å². The standard InChI is InChI=1S/C20H19FN2O3S/c21-15-7-1-2-9-17(15)27-18-11-22-19-14(18)6-3-8-16(19)26-12-13-5-4-10-23(13)20(24)25/h1-3,6-9,11,13,22H,4-5,10,12H2,(H,24,25)/t13-/m0/s1. The molecule has 4 rings (SSSR count). The molecule has 5 nitrogen and oxygen atoms in total. The van der Waals surface area contributed by atoms with E-state index in [2.05, 4.69) is 4.98 Å². The third kappa shape index (κ3) is 3.60. The Labute approximate surface area is 160 Å². The molecule has 0 spiro atoms. The number of hydrogen-bond acceptors (Lipinski definition) is 3. The molecule has 2 N–H and O–H groups in total. The number of amides is 1. The first-order valence-electron chi connectivity index (χ1n) is 8.78. The van der Waals surface area contributed by atoms with Crippen molar-refractivity contribution in [2.24, 2.45) is 0 Å². The quantitative estimate of drug-likeness (QED) is 0.649. The van der Waals surface area contributed by atoms with Gasteiger partial charge in [0.15, 0.2) is 0 Å². The van der Waals surface area contributed by atoms with E-state index >= 15 is 0 Å². The van der Waals surface area contributed by atoms with Gasteiger partial charge >= 0.3 is 6.09 Å². The summed E-state index contributed by atoms with van der Waals surface area (Å²) in [5.41, 5.74) is 0.830. The zero-order valence-corrected chi connectivity index (χ0v) is 15.3. The molecular weight excluding hydrogens is 367 g/mol. The molecule has 1 atom stereocenters. The predicted molar refractivity (Wildman–Crippen MR) is 102 cm³/mol. The van der Waals surface area contributed by atoms with Gasteiger partial charge in [-0.3, -0.25) is 0 Å². The molecule has 1 aliphatic rings. The summed E-state index contributed by atoms with van der Waals surface area (Å²) < 4.78 is 19.9. The second-order valence-corrected chi connectivity index (χ2v) is 7.53. The number of likely N-dealkylation sites (tertiary alicyclic amines) is 1. The summed E-state index contributed by atoms with van der Waals surface area (Å²) in [5.74, 6) is 0.421. The maximum atomic E-state index is 13.9. The first-order chi connectivity index (χ1) is 13.1. The van der Waals surface area contributed by atoms with Crippen LogP contribution in [0.15, 0.2) is 58.5 Å². The summed E-state index contributed by atoms with van der Waals surface area (Å²) >= 11 is 1.36. The van der Waals surface area contributed by atoms with Gasteiger partial charge in [0.05, 0.1) is 11.6 Å². The number of halogens is 1. The van der Waals surface area contributed by atoms with Gasteiger partial charge in [-0.25, -0.2) is 9.18 Å². The molecule has 0 aliphatic carbocycles. The molecule has 1 aliphatic heterocycles. The van der Waals surface area contributed by atoms with Crippen LogP contribution in [0.2, 0.25) is 0 Å². The molecule has 0 bridgehead atoms. The first-order valence-corrected chi connectivity index (χ1v) is 9.60. The molecule has 1 amide bonds. The van der Waals surface area contributed by atoms with E-state index in [1.54, 1.807) is 12.1 Å². The van der Waals surface area contributed by atoms with Crippen LogP contribution in [0.4, 0.5) is 9.18 Å². The van der Waals surface area contributed by atoms with Gasteiger partial charge < -0.3 is 19.7 Å². The number of H-pyrrole nitrogens is 1. The van der Waals surface area contributed by atoms with E-state index in [0.29, 0.717) is 23.8 Å². The number of ether oxygens (including phenoxy) is 1. The average Bonchev–Trinajstić information content (AvgIpc) is 3.29. The Morgan fingerprint density at radius 2 is 2.11 bits per heavy atom. The number of aromatic amines is 1. The topological polar surface area (TPSA) is 65.6 Å². The van der Waals surface area contributed by atoms with Crippen LogP contribution in [0.1, 0.15) is 12.8 Å². The van der Waals surface area contributed by atoms with Crippen LogP contribution in [0.25, 0.3) is 10.9 Å². The molecule has 3 aromatic rings. The van der Waals surface area contributed by atoms with Crippen LogP contribution in [0.3, 0.4) is 0 Å². The number of benzene rings is 2. The molecule has 0 saturated carbocycles. The van der Waals surface area contributed by atoms with Gasteiger partial charge in [0, 0.05) is 27.9 Å². The number of hydrogen-bond donors (Lipinski definition) is 2. The molecule has 0 unspecified atom stereocenters. The number of carboxylic acid groups (broad SMARTS) is 1. The number of carbonyl (C=O) groups is 1. The number of para-hydroxylation sites is 1. The third-order valence-corrected chi connectivity index (χ3v) is 5.86. The SMILES string of the molecule is O=C(O)N1CCC[C@H]1COc1cccc2c(Sc3ccccc3F)c[nH]c12. The lowest BCUT2D eigenvalue weighted by atomic mass is 10.2. The Morgan fingerprint density at radius 1 is 1.26 bits per heavy atom. The highest BCUT2D eigenvalue weighted by molar-refractivity contribution is 7.99. The monoisotopic (exact) mass is 386 g/mol. The molecule has 0 radical (unpaired) electrons. The Balaban J connectivity index is 1.54. The summed E-state index contributed by atoms with van der Waals surface area (Å²) in [6.07, 6.45) is 2.61. The molecule has 27 heavy (non-hydrogen) atoms. The average molecular weight is 386 g/mol. The van der Waals surface area contributed by atoms with Crippen LogP contribution in [0.5, 0.6) is 5.75 Å². The Hall–Kier alpha value is -2.67. The van der Waals surface area contributed by atoms with Crippen molar-refractivity contribution in [3.05, 3.63) is 54.5 Å². The van der Waals surface area contributed by atoms with Crippen LogP contribution >= 0.6 is 11.8 Å². The van der Waals surface area contributed by atoms with Crippen LogP contribution in [-0.2, 0) is 0 Å². The summed E-state index contributed by atoms with van der Waals surface area (Å²) in [7, 11) is 0. The normalized spacial score (nSPS) is 16.8. The lowest BCUT2D eigenvalue weighted by Gasteiger charge is -2.21. The predicted octanol–water partition coefficient (Wildman–Crippen LogP) is 4.98. The Bertz CT molecular complexity index is 975. The summed E-state index contributed by atoms with van der Waals surface area (Å²) in [6.45, 7) is 0.875. The van der Waals surface area contributed by atoms with E-state index in [0.717, 1.165) is 28.6 Å². The highest BCUT2D eigenvalue weighted by atomic mass is 32.2. The van der Waals surface area contributed by atoms with Gasteiger partial charge in [-0.2, -0.15) is 0 Å². The van der Waals surface area contributed by atoms with Gasteiger partial charge in [0.1, 0.15) is 18.2 Å². The molecule has 140 valence electrons. The van der Waals surface area contributed by atoms with Gasteiger partial charge in [-0.1, -0.05) is 36.0 Å². The van der Waals surface area contributed by atoms with E-state index in [-0.39, 0.29) is 11.9 Å². The molecule has 7 heteroatoms. The minimum atomic E-state index is -0.900. The largest absolute Gasteiger partial charge is 0.489 e. The van der Waals surface area contributed by atoms with E-state index < -0.39 is 6.09 Å². The van der Waals surface area contributed by atoms with Crippen molar-refractivity contribution >= 4 is 28.8 Å². The minimum absolute atomic E-state index is 0.125. The summed E-state index contributed by atoms with van der Waals surface area (Å²) in [4.78, 5) is 17.4. The van der Waals surface area contributed by atoms with Crippen molar-refractivity contribution in [2.45, 2.75) is 28.7 Å². The Kier molecular flexibility index (Phi) is 4.94. The van der Waals surface area contributed by atoms with E-state index in [1.165, 1.54) is 22.7 Å². The van der Waals surface area contributed by atoms with E-state index in [4.69, 9.17) is 4.74 Å². The second-order valence-electron chi connectivity index (χ2n) is 6.45. The lowest BCUT2D eigenvalue weighted by molar-refractivity contribution is 0.123. The summed E-state index contributed by atoms with van der Waals surface area (Å²) in [6, 6.07) is 12.3. The fraction of sp³-hybridized carbons (Fsp3) is 0.250. The van der Waals surface area contributed by atoms with E-state index in [1.807, 2.05) is 30.5 Å². The fourth-order valence-electron chi connectivity index (χ4n) is 3.40. The molecular formula is C20H19FN2O3S. The lowest BCUT2D eigenvalue weighted by Crippen LogP contribution is -2.38. The Morgan fingerprint density at radius 3 is 2.93 bits per heavy atom. The highest BCUT2D eigenvalue weighted by Crippen LogP contribution is 2.37. The number of nitrogens with zero attached hydrogens (tertiary/aromatic N) is 1. The van der Waals surface area contributed by atoms with Crippen molar-refractivity contribution in [1.29, 1.82) is 0 Å². The zero-order valence-electron chi connectivity index (χ0n) is 14.5. The van der Waals surface area contributed by atoms with Gasteiger partial charge in [0.25, 0.3) is 0 Å². The number of aromatic nitrogens is 1. The first kappa shape index (κ1) is 17.7. The number of fused-ring (bicyclic) bond motifs is 1. The number of rotatable bonds is 5. The van der Waals surface area contributed by atoms with Crippen molar-refractivity contribution in [1.82, 2.24) is 9.88 Å². The molecule has 2 heterocycles. The maximum Gasteiger partial charge on any atom is 0.407 e. The van der Waals surface area contributed by atoms with Gasteiger partial charge in [-0.05, 0) is 31.0 Å². The van der Waals surface area contributed by atoms with Crippen LogP contribution in [-0.4, -0.2) is 40.3 Å². The van der Waals surface area contributed by atoms with Crippen LogP contribution in [0, 0.1) is 5.82 Å². The van der Waals surface area contributed by atoms with Crippen LogP contribution < -0.4 is 4.74 Å². The fourth-order valence-corrected chi connectivity index (χ4v) is 4.35. The molecule has 2 aromatic carbocycles. The second kappa shape index (κ2) is 7.52.